The molecule has 0 aliphatic carbocycles. The van der Waals surface area contributed by atoms with Gasteiger partial charge in [-0.25, -0.2) is 0 Å². The second-order valence-corrected chi connectivity index (χ2v) is 8.55. The smallest absolute Gasteiger partial charge is 0.267 e. The molecule has 0 aromatic carbocycles. The second-order valence-electron chi connectivity index (χ2n) is 7.05. The summed E-state index contributed by atoms with van der Waals surface area (Å²) in [7, 11) is -2.41. The van der Waals surface area contributed by atoms with Crippen molar-refractivity contribution in [2.24, 2.45) is 0 Å². The first-order chi connectivity index (χ1) is 12.7. The molecule has 1 amide bonds. The average molecular weight is 407 g/mol. The molecule has 8 heteroatoms. The summed E-state index contributed by atoms with van der Waals surface area (Å²) in [5.74, 6) is -0.598. The number of unbranched alkanes of at least 4 members (excludes halogenated alkanes) is 5. The highest BCUT2D eigenvalue weighted by atomic mass is 32.2. The molecule has 0 aromatic heterocycles. The van der Waals surface area contributed by atoms with Gasteiger partial charge in [-0.15, -0.1) is 0 Å². The lowest BCUT2D eigenvalue weighted by atomic mass is 10.1. The zero-order valence-corrected chi connectivity index (χ0v) is 17.7. The fourth-order valence-electron chi connectivity index (χ4n) is 2.77. The van der Waals surface area contributed by atoms with Gasteiger partial charge in [0.2, 0.25) is 5.91 Å². The number of aliphatic hydroxyl groups excluding tert-OH is 1. The predicted octanol–water partition coefficient (Wildman–Crippen LogP) is 2.37. The molecular formula is C19H38N2O5S. The molecule has 0 aliphatic rings. The van der Waals surface area contributed by atoms with Crippen LogP contribution in [-0.2, 0) is 14.9 Å². The normalized spacial score (nSPS) is 13.4. The Balaban J connectivity index is 3.54. The lowest BCUT2D eigenvalue weighted by Gasteiger charge is -2.19. The molecular weight excluding hydrogens is 368 g/mol. The predicted molar refractivity (Wildman–Crippen MR) is 109 cm³/mol. The van der Waals surface area contributed by atoms with Gasteiger partial charge in [-0.05, 0) is 45.7 Å². The Morgan fingerprint density at radius 1 is 1.11 bits per heavy atom. The van der Waals surface area contributed by atoms with E-state index < -0.39 is 22.0 Å². The van der Waals surface area contributed by atoms with Crippen molar-refractivity contribution in [2.45, 2.75) is 70.8 Å². The molecule has 0 radical (unpaired) electrons. The fourth-order valence-corrected chi connectivity index (χ4v) is 3.37. The molecule has 3 N–H and O–H groups in total. The summed E-state index contributed by atoms with van der Waals surface area (Å²) in [4.78, 5) is 13.5. The third-order valence-corrected chi connectivity index (χ3v) is 4.95. The van der Waals surface area contributed by atoms with E-state index >= 15 is 0 Å². The minimum atomic E-state index is -4.16. The van der Waals surface area contributed by atoms with Crippen molar-refractivity contribution >= 4 is 16.0 Å². The van der Waals surface area contributed by atoms with Crippen molar-refractivity contribution in [1.29, 1.82) is 0 Å². The van der Waals surface area contributed by atoms with Gasteiger partial charge in [0.1, 0.15) is 5.75 Å². The van der Waals surface area contributed by atoms with Gasteiger partial charge in [0, 0.05) is 19.5 Å². The van der Waals surface area contributed by atoms with E-state index in [9.17, 15) is 18.3 Å². The van der Waals surface area contributed by atoms with E-state index in [4.69, 9.17) is 4.55 Å². The molecule has 0 aromatic rings. The molecule has 0 rings (SSSR count). The SMILES string of the molecule is CCC=CCCCCCCCC(=O)NCCCN(C)CC(O)CS(=O)(=O)O. The van der Waals surface area contributed by atoms with Gasteiger partial charge in [-0.2, -0.15) is 8.42 Å². The summed E-state index contributed by atoms with van der Waals surface area (Å²) < 4.78 is 30.0. The van der Waals surface area contributed by atoms with Crippen LogP contribution in [0, 0.1) is 0 Å². The Labute approximate surface area is 165 Å². The van der Waals surface area contributed by atoms with E-state index in [1.165, 1.54) is 19.3 Å². The first-order valence-corrected chi connectivity index (χ1v) is 11.6. The van der Waals surface area contributed by atoms with Gasteiger partial charge >= 0.3 is 0 Å². The van der Waals surface area contributed by atoms with Gasteiger partial charge in [-0.1, -0.05) is 38.3 Å². The first-order valence-electron chi connectivity index (χ1n) is 9.98. The molecule has 27 heavy (non-hydrogen) atoms. The van der Waals surface area contributed by atoms with E-state index in [0.29, 0.717) is 25.9 Å². The summed E-state index contributed by atoms with van der Waals surface area (Å²) in [5, 5.41) is 12.4. The molecule has 1 atom stereocenters. The maximum Gasteiger partial charge on any atom is 0.267 e. The van der Waals surface area contributed by atoms with Crippen molar-refractivity contribution < 1.29 is 22.9 Å². The van der Waals surface area contributed by atoms with E-state index in [-0.39, 0.29) is 12.5 Å². The minimum Gasteiger partial charge on any atom is -0.391 e. The summed E-state index contributed by atoms with van der Waals surface area (Å²) in [6.07, 6.45) is 12.4. The van der Waals surface area contributed by atoms with Crippen LogP contribution in [0.2, 0.25) is 0 Å². The van der Waals surface area contributed by atoms with Crippen LogP contribution in [0.1, 0.15) is 64.7 Å². The average Bonchev–Trinajstić information content (AvgIpc) is 2.55. The Hall–Kier alpha value is -0.960. The van der Waals surface area contributed by atoms with E-state index in [0.717, 1.165) is 25.7 Å². The van der Waals surface area contributed by atoms with Crippen LogP contribution in [0.15, 0.2) is 12.2 Å². The van der Waals surface area contributed by atoms with Crippen molar-refractivity contribution in [1.82, 2.24) is 10.2 Å². The lowest BCUT2D eigenvalue weighted by molar-refractivity contribution is -0.121. The van der Waals surface area contributed by atoms with Crippen LogP contribution in [0.4, 0.5) is 0 Å². The Kier molecular flexibility index (Phi) is 15.5. The van der Waals surface area contributed by atoms with Gasteiger partial charge in [-0.3, -0.25) is 9.35 Å². The van der Waals surface area contributed by atoms with Crippen molar-refractivity contribution in [3.63, 3.8) is 0 Å². The Morgan fingerprint density at radius 3 is 2.44 bits per heavy atom. The summed E-state index contributed by atoms with van der Waals surface area (Å²) in [6.45, 7) is 3.47. The number of allylic oxidation sites excluding steroid dienone is 2. The first kappa shape index (κ1) is 26.0. The zero-order valence-electron chi connectivity index (χ0n) is 16.9. The van der Waals surface area contributed by atoms with Crippen molar-refractivity contribution in [3.05, 3.63) is 12.2 Å². The Bertz CT molecular complexity index is 508. The minimum absolute atomic E-state index is 0.0648. The molecule has 0 saturated carbocycles. The number of amides is 1. The molecule has 0 heterocycles. The molecule has 1 unspecified atom stereocenters. The maximum absolute atomic E-state index is 11.8. The van der Waals surface area contributed by atoms with Gasteiger partial charge in [0.05, 0.1) is 6.10 Å². The number of hydrogen-bond donors (Lipinski definition) is 3. The highest BCUT2D eigenvalue weighted by Crippen LogP contribution is 2.07. The lowest BCUT2D eigenvalue weighted by Crippen LogP contribution is -2.35. The highest BCUT2D eigenvalue weighted by molar-refractivity contribution is 7.85. The van der Waals surface area contributed by atoms with Crippen LogP contribution >= 0.6 is 0 Å². The zero-order chi connectivity index (χ0) is 20.5. The fraction of sp³-hybridized carbons (Fsp3) is 0.842. The van der Waals surface area contributed by atoms with Gasteiger partial charge in [0.15, 0.2) is 0 Å². The second kappa shape index (κ2) is 16.0. The number of rotatable bonds is 17. The van der Waals surface area contributed by atoms with Gasteiger partial charge in [0.25, 0.3) is 10.1 Å². The van der Waals surface area contributed by atoms with Crippen molar-refractivity contribution in [3.8, 4) is 0 Å². The summed E-state index contributed by atoms with van der Waals surface area (Å²) in [6, 6.07) is 0. The number of nitrogens with zero attached hydrogens (tertiary/aromatic N) is 1. The van der Waals surface area contributed by atoms with E-state index in [1.807, 2.05) is 0 Å². The molecule has 0 saturated heterocycles. The maximum atomic E-state index is 11.8. The molecule has 7 nitrogen and oxygen atoms in total. The van der Waals surface area contributed by atoms with Crippen LogP contribution in [0.25, 0.3) is 0 Å². The Morgan fingerprint density at radius 2 is 1.78 bits per heavy atom. The van der Waals surface area contributed by atoms with Crippen LogP contribution in [-0.4, -0.2) is 67.4 Å². The molecule has 160 valence electrons. The third-order valence-electron chi connectivity index (χ3n) is 4.14. The van der Waals surface area contributed by atoms with E-state index in [1.54, 1.807) is 11.9 Å². The highest BCUT2D eigenvalue weighted by Gasteiger charge is 2.15. The molecule has 0 spiro atoms. The number of hydrogen-bond acceptors (Lipinski definition) is 5. The number of carbonyl (C=O) groups excluding carboxylic acids is 1. The monoisotopic (exact) mass is 406 g/mol. The number of aliphatic hydroxyl groups is 1. The summed E-state index contributed by atoms with van der Waals surface area (Å²) >= 11 is 0. The van der Waals surface area contributed by atoms with Gasteiger partial charge < -0.3 is 15.3 Å². The quantitative estimate of drug-likeness (QED) is 0.194. The standard InChI is InChI=1S/C19H38N2O5S/c1-3-4-5-6-7-8-9-10-11-13-19(23)20-14-12-15-21(2)16-18(22)17-27(24,25)26/h4-5,18,22H,3,6-17H2,1-2H3,(H,20,23)(H,24,25,26). The number of nitrogens with one attached hydrogen (secondary N) is 1. The van der Waals surface area contributed by atoms with Crippen LogP contribution < -0.4 is 5.32 Å². The van der Waals surface area contributed by atoms with E-state index in [2.05, 4.69) is 24.4 Å². The molecule has 0 aliphatic heterocycles. The summed E-state index contributed by atoms with van der Waals surface area (Å²) in [5.41, 5.74) is 0. The third kappa shape index (κ3) is 19.6. The molecule has 0 fully saturated rings. The van der Waals surface area contributed by atoms with Crippen LogP contribution in [0.3, 0.4) is 0 Å². The number of likely N-dealkylation sites (N-methyl/N-ethyl adjacent to an activating group) is 1. The number of carbonyl (C=O) groups is 1. The van der Waals surface area contributed by atoms with Crippen LogP contribution in [0.5, 0.6) is 0 Å². The largest absolute Gasteiger partial charge is 0.391 e. The topological polar surface area (TPSA) is 107 Å². The molecule has 0 bridgehead atoms. The van der Waals surface area contributed by atoms with Crippen molar-refractivity contribution in [2.75, 3.05) is 32.4 Å².